The van der Waals surface area contributed by atoms with Crippen LogP contribution >= 0.6 is 11.6 Å². The summed E-state index contributed by atoms with van der Waals surface area (Å²) in [5.41, 5.74) is 1.59. The van der Waals surface area contributed by atoms with Gasteiger partial charge in [0.1, 0.15) is 13.2 Å². The lowest BCUT2D eigenvalue weighted by Crippen LogP contribution is -2.34. The van der Waals surface area contributed by atoms with E-state index in [1.807, 2.05) is 23.1 Å². The van der Waals surface area contributed by atoms with Crippen molar-refractivity contribution in [2.24, 2.45) is 0 Å². The molecule has 0 aromatic heterocycles. The zero-order valence-electron chi connectivity index (χ0n) is 16.0. The number of rotatable bonds is 5. The topological polar surface area (TPSA) is 67.9 Å². The molecule has 0 saturated carbocycles. The summed E-state index contributed by atoms with van der Waals surface area (Å²) in [6.45, 7) is 2.12. The highest BCUT2D eigenvalue weighted by Crippen LogP contribution is 2.38. The van der Waals surface area contributed by atoms with Crippen molar-refractivity contribution in [1.82, 2.24) is 10.2 Å². The number of carbonyl (C=O) groups excluding carboxylic acids is 2. The fourth-order valence-electron chi connectivity index (χ4n) is 3.81. The molecule has 29 heavy (non-hydrogen) atoms. The van der Waals surface area contributed by atoms with Crippen molar-refractivity contribution in [2.45, 2.75) is 25.3 Å². The summed E-state index contributed by atoms with van der Waals surface area (Å²) in [4.78, 5) is 26.9. The number of hydrogen-bond donors (Lipinski definition) is 1. The highest BCUT2D eigenvalue weighted by Gasteiger charge is 2.30. The number of ether oxygens (including phenoxy) is 2. The molecule has 2 amide bonds. The lowest BCUT2D eigenvalue weighted by molar-refractivity contribution is -0.132. The molecule has 4 rings (SSSR count). The molecular weight excluding hydrogens is 392 g/mol. The smallest absolute Gasteiger partial charge is 0.251 e. The summed E-state index contributed by atoms with van der Waals surface area (Å²) < 4.78 is 11.3. The second-order valence-electron chi connectivity index (χ2n) is 7.16. The normalized spacial score (nSPS) is 17.8. The molecule has 2 aromatic rings. The van der Waals surface area contributed by atoms with Gasteiger partial charge in [-0.2, -0.15) is 0 Å². The lowest BCUT2D eigenvalue weighted by atomic mass is 10.0. The second kappa shape index (κ2) is 8.74. The van der Waals surface area contributed by atoms with Gasteiger partial charge in [0.2, 0.25) is 5.91 Å². The first-order valence-corrected chi connectivity index (χ1v) is 10.2. The molecule has 7 heteroatoms. The maximum atomic E-state index is 12.8. The van der Waals surface area contributed by atoms with Gasteiger partial charge in [0.05, 0.1) is 6.04 Å². The standard InChI is InChI=1S/C22H23ClN2O4/c23-17-6-3-15(4-7-17)22(27)24-10-9-21(26)25-11-1-2-18(25)16-5-8-19-20(14-16)29-13-12-28-19/h3-8,14,18H,1-2,9-13H2,(H,24,27). The molecule has 2 aromatic carbocycles. The molecule has 1 unspecified atom stereocenters. The van der Waals surface area contributed by atoms with E-state index in [1.165, 1.54) is 0 Å². The lowest BCUT2D eigenvalue weighted by Gasteiger charge is -2.27. The maximum Gasteiger partial charge on any atom is 0.251 e. The van der Waals surface area contributed by atoms with E-state index in [0.29, 0.717) is 30.3 Å². The number of nitrogens with one attached hydrogen (secondary N) is 1. The average Bonchev–Trinajstić information content (AvgIpc) is 3.24. The molecule has 0 radical (unpaired) electrons. The van der Waals surface area contributed by atoms with Gasteiger partial charge in [-0.3, -0.25) is 9.59 Å². The van der Waals surface area contributed by atoms with Crippen LogP contribution in [0.1, 0.15) is 41.2 Å². The summed E-state index contributed by atoms with van der Waals surface area (Å²) in [5, 5.41) is 3.38. The van der Waals surface area contributed by atoms with Crippen LogP contribution in [0.4, 0.5) is 0 Å². The van der Waals surface area contributed by atoms with Gasteiger partial charge in [0, 0.05) is 30.1 Å². The SMILES string of the molecule is O=C(NCCC(=O)N1CCCC1c1ccc2c(c1)OCCO2)c1ccc(Cl)cc1. The van der Waals surface area contributed by atoms with E-state index in [9.17, 15) is 9.59 Å². The minimum Gasteiger partial charge on any atom is -0.486 e. The molecule has 0 aliphatic carbocycles. The summed E-state index contributed by atoms with van der Waals surface area (Å²) in [6.07, 6.45) is 2.14. The van der Waals surface area contributed by atoms with Crippen LogP contribution in [0.5, 0.6) is 11.5 Å². The summed E-state index contributed by atoms with van der Waals surface area (Å²) in [6, 6.07) is 12.6. The molecular formula is C22H23ClN2O4. The maximum absolute atomic E-state index is 12.8. The fourth-order valence-corrected chi connectivity index (χ4v) is 3.93. The molecule has 1 atom stereocenters. The van der Waals surface area contributed by atoms with Crippen molar-refractivity contribution in [1.29, 1.82) is 0 Å². The number of halogens is 1. The first kappa shape index (κ1) is 19.6. The van der Waals surface area contributed by atoms with Gasteiger partial charge >= 0.3 is 0 Å². The van der Waals surface area contributed by atoms with E-state index in [2.05, 4.69) is 5.32 Å². The van der Waals surface area contributed by atoms with E-state index in [0.717, 1.165) is 36.4 Å². The number of likely N-dealkylation sites (tertiary alicyclic amines) is 1. The highest BCUT2D eigenvalue weighted by atomic mass is 35.5. The Kier molecular flexibility index (Phi) is 5.90. The zero-order valence-corrected chi connectivity index (χ0v) is 16.8. The van der Waals surface area contributed by atoms with E-state index in [1.54, 1.807) is 24.3 Å². The summed E-state index contributed by atoms with van der Waals surface area (Å²) in [7, 11) is 0. The number of hydrogen-bond acceptors (Lipinski definition) is 4. The van der Waals surface area contributed by atoms with E-state index >= 15 is 0 Å². The van der Waals surface area contributed by atoms with Crippen molar-refractivity contribution < 1.29 is 19.1 Å². The van der Waals surface area contributed by atoms with Crippen LogP contribution in [-0.2, 0) is 4.79 Å². The van der Waals surface area contributed by atoms with Crippen LogP contribution in [0.2, 0.25) is 5.02 Å². The van der Waals surface area contributed by atoms with Crippen LogP contribution in [0.3, 0.4) is 0 Å². The third-order valence-electron chi connectivity index (χ3n) is 5.25. The Labute approximate surface area is 174 Å². The number of carbonyl (C=O) groups is 2. The number of nitrogens with zero attached hydrogens (tertiary/aromatic N) is 1. The predicted octanol–water partition coefficient (Wildman–Crippen LogP) is 3.59. The number of fused-ring (bicyclic) bond motifs is 1. The minimum absolute atomic E-state index is 0.0327. The Bertz CT molecular complexity index is 900. The van der Waals surface area contributed by atoms with Crippen molar-refractivity contribution >= 4 is 23.4 Å². The molecule has 2 aliphatic rings. The summed E-state index contributed by atoms with van der Waals surface area (Å²) >= 11 is 5.84. The Balaban J connectivity index is 1.34. The van der Waals surface area contributed by atoms with Gasteiger partial charge in [0.15, 0.2) is 11.5 Å². The monoisotopic (exact) mass is 414 g/mol. The highest BCUT2D eigenvalue weighted by molar-refractivity contribution is 6.30. The Morgan fingerprint density at radius 2 is 1.83 bits per heavy atom. The van der Waals surface area contributed by atoms with Crippen molar-refractivity contribution in [3.05, 3.63) is 58.6 Å². The largest absolute Gasteiger partial charge is 0.486 e. The summed E-state index contributed by atoms with van der Waals surface area (Å²) in [5.74, 6) is 1.32. The zero-order chi connectivity index (χ0) is 20.2. The molecule has 6 nitrogen and oxygen atoms in total. The van der Waals surface area contributed by atoms with E-state index in [4.69, 9.17) is 21.1 Å². The molecule has 0 bridgehead atoms. The predicted molar refractivity (Wildman–Crippen MR) is 110 cm³/mol. The van der Waals surface area contributed by atoms with Gasteiger partial charge in [-0.15, -0.1) is 0 Å². The van der Waals surface area contributed by atoms with Gasteiger partial charge in [-0.25, -0.2) is 0 Å². The van der Waals surface area contributed by atoms with E-state index < -0.39 is 0 Å². The van der Waals surface area contributed by atoms with Crippen LogP contribution in [0.15, 0.2) is 42.5 Å². The third kappa shape index (κ3) is 4.48. The molecule has 2 aliphatic heterocycles. The molecule has 1 N–H and O–H groups in total. The first-order valence-electron chi connectivity index (χ1n) is 9.84. The van der Waals surface area contributed by atoms with Crippen molar-refractivity contribution in [3.8, 4) is 11.5 Å². The van der Waals surface area contributed by atoms with Gasteiger partial charge in [-0.1, -0.05) is 17.7 Å². The average molecular weight is 415 g/mol. The van der Waals surface area contributed by atoms with Crippen LogP contribution in [0.25, 0.3) is 0 Å². The minimum atomic E-state index is -0.209. The van der Waals surface area contributed by atoms with Crippen molar-refractivity contribution in [3.63, 3.8) is 0 Å². The third-order valence-corrected chi connectivity index (χ3v) is 5.51. The molecule has 1 fully saturated rings. The molecule has 152 valence electrons. The Hall–Kier alpha value is -2.73. The molecule has 2 heterocycles. The first-order chi connectivity index (χ1) is 14.1. The van der Waals surface area contributed by atoms with E-state index in [-0.39, 0.29) is 24.3 Å². The number of benzene rings is 2. The van der Waals surface area contributed by atoms with Crippen LogP contribution in [-0.4, -0.2) is 43.0 Å². The Morgan fingerprint density at radius 3 is 2.62 bits per heavy atom. The van der Waals surface area contributed by atoms with Gasteiger partial charge in [0.25, 0.3) is 5.91 Å². The second-order valence-corrected chi connectivity index (χ2v) is 7.60. The fraction of sp³-hybridized carbons (Fsp3) is 0.364. The van der Waals surface area contributed by atoms with Crippen molar-refractivity contribution in [2.75, 3.05) is 26.3 Å². The molecule has 0 spiro atoms. The van der Waals surface area contributed by atoms with Gasteiger partial charge in [-0.05, 0) is 54.8 Å². The Morgan fingerprint density at radius 1 is 1.07 bits per heavy atom. The van der Waals surface area contributed by atoms with Crippen LogP contribution < -0.4 is 14.8 Å². The van der Waals surface area contributed by atoms with Gasteiger partial charge < -0.3 is 19.7 Å². The molecule has 1 saturated heterocycles. The number of amides is 2. The van der Waals surface area contributed by atoms with Crippen LogP contribution in [0, 0.1) is 0 Å². The quantitative estimate of drug-likeness (QED) is 0.811.